The second kappa shape index (κ2) is 15.6. The Morgan fingerprint density at radius 2 is 0.623 bits per heavy atom. The van der Waals surface area contributed by atoms with E-state index < -0.39 is 0 Å². The number of benzene rings is 10. The zero-order valence-electron chi connectivity index (χ0n) is 37.3. The van der Waals surface area contributed by atoms with Crippen LogP contribution >= 0.6 is 0 Å². The Bertz CT molecular complexity index is 4190. The fourth-order valence-corrected chi connectivity index (χ4v) is 10.6. The van der Waals surface area contributed by atoms with Crippen molar-refractivity contribution < 1.29 is 0 Å². The molecule has 322 valence electrons. The first-order chi connectivity index (χ1) is 34.2. The van der Waals surface area contributed by atoms with Gasteiger partial charge < -0.3 is 13.7 Å². The van der Waals surface area contributed by atoms with Gasteiger partial charge in [-0.1, -0.05) is 164 Å². The second-order valence-electron chi connectivity index (χ2n) is 17.6. The van der Waals surface area contributed by atoms with Gasteiger partial charge in [-0.3, -0.25) is 0 Å². The van der Waals surface area contributed by atoms with Crippen molar-refractivity contribution in [2.45, 2.75) is 0 Å². The number of aromatic nitrogens is 6. The third-order valence-electron chi connectivity index (χ3n) is 13.7. The van der Waals surface area contributed by atoms with Crippen LogP contribution in [0, 0.1) is 0 Å². The molecule has 0 aliphatic heterocycles. The summed E-state index contributed by atoms with van der Waals surface area (Å²) in [4.78, 5) is 15.8. The highest BCUT2D eigenvalue weighted by Gasteiger charge is 2.22. The van der Waals surface area contributed by atoms with Crippen LogP contribution in [0.1, 0.15) is 0 Å². The topological polar surface area (TPSA) is 53.5 Å². The molecular formula is C63H40N6. The molecule has 0 bridgehead atoms. The Morgan fingerprint density at radius 1 is 0.232 bits per heavy atom. The number of hydrogen-bond acceptors (Lipinski definition) is 3. The maximum absolute atomic E-state index is 5.36. The van der Waals surface area contributed by atoms with Crippen LogP contribution in [-0.2, 0) is 0 Å². The fraction of sp³-hybridized carbons (Fsp3) is 0. The van der Waals surface area contributed by atoms with Crippen molar-refractivity contribution >= 4 is 65.4 Å². The van der Waals surface area contributed by atoms with Gasteiger partial charge in [0.05, 0.1) is 38.8 Å². The number of rotatable bonds is 7. The highest BCUT2D eigenvalue weighted by Crippen LogP contribution is 2.42. The van der Waals surface area contributed by atoms with Crippen LogP contribution in [0.4, 0.5) is 0 Å². The van der Waals surface area contributed by atoms with E-state index >= 15 is 0 Å². The second-order valence-corrected chi connectivity index (χ2v) is 17.6. The summed E-state index contributed by atoms with van der Waals surface area (Å²) in [7, 11) is 0. The van der Waals surface area contributed by atoms with Crippen LogP contribution < -0.4 is 0 Å². The van der Waals surface area contributed by atoms with Gasteiger partial charge in [-0.05, 0) is 90.0 Å². The van der Waals surface area contributed by atoms with Crippen LogP contribution in [0.25, 0.3) is 128 Å². The molecule has 0 aliphatic carbocycles. The van der Waals surface area contributed by atoms with Crippen LogP contribution in [-0.4, -0.2) is 28.7 Å². The lowest BCUT2D eigenvalue weighted by Crippen LogP contribution is -2.04. The molecule has 4 heterocycles. The van der Waals surface area contributed by atoms with Gasteiger partial charge in [-0.25, -0.2) is 15.0 Å². The molecule has 69 heavy (non-hydrogen) atoms. The summed E-state index contributed by atoms with van der Waals surface area (Å²) in [5, 5.41) is 7.20. The third-order valence-corrected chi connectivity index (χ3v) is 13.7. The number of nitrogens with zero attached hydrogens (tertiary/aromatic N) is 6. The Morgan fingerprint density at radius 3 is 1.20 bits per heavy atom. The van der Waals surface area contributed by atoms with E-state index in [-0.39, 0.29) is 0 Å². The number of para-hydroxylation sites is 5. The average Bonchev–Trinajstić information content (AvgIpc) is 4.06. The Balaban J connectivity index is 1.03. The van der Waals surface area contributed by atoms with E-state index in [0.29, 0.717) is 17.5 Å². The fourth-order valence-electron chi connectivity index (χ4n) is 10.6. The summed E-state index contributed by atoms with van der Waals surface area (Å²) in [6.45, 7) is 0. The van der Waals surface area contributed by atoms with Gasteiger partial charge in [-0.15, -0.1) is 0 Å². The molecule has 0 atom stereocenters. The molecule has 0 N–H and O–H groups in total. The zero-order chi connectivity index (χ0) is 45.4. The Hall–Kier alpha value is -9.39. The average molecular weight is 881 g/mol. The molecule has 10 aromatic carbocycles. The lowest BCUT2D eigenvalue weighted by Gasteiger charge is -2.17. The summed E-state index contributed by atoms with van der Waals surface area (Å²) in [6.07, 6.45) is 0. The van der Waals surface area contributed by atoms with E-state index in [0.717, 1.165) is 72.2 Å². The van der Waals surface area contributed by atoms with E-state index in [1.807, 2.05) is 36.4 Å². The Labute approximate surface area is 397 Å². The van der Waals surface area contributed by atoms with E-state index in [1.54, 1.807) is 0 Å². The molecule has 0 fully saturated rings. The van der Waals surface area contributed by atoms with Crippen molar-refractivity contribution in [3.05, 3.63) is 243 Å². The number of fused-ring (bicyclic) bond motifs is 9. The molecule has 14 rings (SSSR count). The van der Waals surface area contributed by atoms with Gasteiger partial charge in [0.15, 0.2) is 17.5 Å². The van der Waals surface area contributed by atoms with Crippen LogP contribution in [0.15, 0.2) is 243 Å². The zero-order valence-corrected chi connectivity index (χ0v) is 37.3. The summed E-state index contributed by atoms with van der Waals surface area (Å²) in [5.41, 5.74) is 15.0. The van der Waals surface area contributed by atoms with Gasteiger partial charge in [0.25, 0.3) is 0 Å². The molecule has 0 spiro atoms. The minimum absolute atomic E-state index is 0.592. The number of hydrogen-bond donors (Lipinski definition) is 0. The first kappa shape index (κ1) is 38.8. The quantitative estimate of drug-likeness (QED) is 0.160. The van der Waals surface area contributed by atoms with Gasteiger partial charge in [-0.2, -0.15) is 0 Å². The monoisotopic (exact) mass is 880 g/mol. The first-order valence-electron chi connectivity index (χ1n) is 23.4. The summed E-state index contributed by atoms with van der Waals surface area (Å²) in [5.74, 6) is 1.82. The van der Waals surface area contributed by atoms with Crippen molar-refractivity contribution in [2.24, 2.45) is 0 Å². The molecule has 14 aromatic rings. The predicted molar refractivity (Wildman–Crippen MR) is 285 cm³/mol. The minimum Gasteiger partial charge on any atom is -0.309 e. The van der Waals surface area contributed by atoms with E-state index in [1.165, 1.54) is 38.1 Å². The maximum atomic E-state index is 5.36. The van der Waals surface area contributed by atoms with Gasteiger partial charge >= 0.3 is 0 Å². The van der Waals surface area contributed by atoms with E-state index in [4.69, 9.17) is 15.0 Å². The maximum Gasteiger partial charge on any atom is 0.166 e. The molecule has 4 aromatic heterocycles. The molecule has 0 radical (unpaired) electrons. The van der Waals surface area contributed by atoms with Crippen LogP contribution in [0.5, 0.6) is 0 Å². The van der Waals surface area contributed by atoms with Gasteiger partial charge in [0.2, 0.25) is 0 Å². The highest BCUT2D eigenvalue weighted by atomic mass is 15.1. The first-order valence-corrected chi connectivity index (χ1v) is 23.4. The molecule has 0 aliphatic rings. The van der Waals surface area contributed by atoms with E-state index in [2.05, 4.69) is 220 Å². The van der Waals surface area contributed by atoms with Crippen molar-refractivity contribution in [3.8, 4) is 62.4 Å². The molecule has 0 amide bonds. The molecule has 6 nitrogen and oxygen atoms in total. The van der Waals surface area contributed by atoms with Crippen molar-refractivity contribution in [3.63, 3.8) is 0 Å². The van der Waals surface area contributed by atoms with Crippen molar-refractivity contribution in [1.29, 1.82) is 0 Å². The molecule has 0 saturated heterocycles. The van der Waals surface area contributed by atoms with Crippen molar-refractivity contribution in [1.82, 2.24) is 28.7 Å². The smallest absolute Gasteiger partial charge is 0.166 e. The summed E-state index contributed by atoms with van der Waals surface area (Å²) in [6, 6.07) is 86.4. The van der Waals surface area contributed by atoms with E-state index in [9.17, 15) is 0 Å². The minimum atomic E-state index is 0.592. The van der Waals surface area contributed by atoms with Gasteiger partial charge in [0, 0.05) is 60.4 Å². The molecule has 0 saturated carbocycles. The summed E-state index contributed by atoms with van der Waals surface area (Å²) < 4.78 is 7.15. The predicted octanol–water partition coefficient (Wildman–Crippen LogP) is 15.8. The van der Waals surface area contributed by atoms with Gasteiger partial charge in [0.1, 0.15) is 0 Å². The summed E-state index contributed by atoms with van der Waals surface area (Å²) >= 11 is 0. The SMILES string of the molecule is c1ccc(-c2nc(-c3ccccc3)nc(-c3cc(-c4ccc5c(c4)c4ccccc4n5-c4ccccc4)ccc3-n3c4ccccc4c4cc(-n5c6ccccc6c6ccccc65)ccc43)n2)cc1. The molecular weight excluding hydrogens is 841 g/mol. The lowest BCUT2D eigenvalue weighted by molar-refractivity contribution is 1.06. The van der Waals surface area contributed by atoms with Crippen LogP contribution in [0.3, 0.4) is 0 Å². The Kier molecular flexibility index (Phi) is 8.79. The highest BCUT2D eigenvalue weighted by molar-refractivity contribution is 6.13. The lowest BCUT2D eigenvalue weighted by atomic mass is 9.99. The largest absolute Gasteiger partial charge is 0.309 e. The third kappa shape index (κ3) is 6.23. The molecule has 0 unspecified atom stereocenters. The van der Waals surface area contributed by atoms with Crippen molar-refractivity contribution in [2.75, 3.05) is 0 Å². The normalized spacial score (nSPS) is 11.8. The molecule has 6 heteroatoms. The van der Waals surface area contributed by atoms with Crippen LogP contribution in [0.2, 0.25) is 0 Å². The standard InChI is InChI=1S/C63H40N6/c1-4-18-41(19-5-1)61-64-62(42-20-6-2-7-21-42)66-63(65-61)53-39-44(43-32-35-58-51(38-43)49-26-12-16-30-56(49)67(58)45-22-8-3-9-23-45)33-36-60(53)69-57-31-17-13-27-50(57)52-40-46(34-37-59(52)69)68-54-28-14-10-24-47(54)48-25-11-15-29-55(48)68/h1-40H.